The van der Waals surface area contributed by atoms with Gasteiger partial charge in [-0.05, 0) is 30.3 Å². The number of carbonyl (C=O) groups is 1. The van der Waals surface area contributed by atoms with Crippen LogP contribution in [0.2, 0.25) is 10.0 Å². The first-order valence-electron chi connectivity index (χ1n) is 7.46. The maximum absolute atomic E-state index is 12.5. The Morgan fingerprint density at radius 2 is 1.93 bits per heavy atom. The number of halogens is 5. The molecule has 1 amide bonds. The van der Waals surface area contributed by atoms with Crippen molar-refractivity contribution in [1.29, 1.82) is 0 Å². The number of hydrogen-bond acceptors (Lipinski definition) is 4. The van der Waals surface area contributed by atoms with Crippen LogP contribution in [-0.4, -0.2) is 16.0 Å². The second-order valence-electron chi connectivity index (χ2n) is 5.42. The molecule has 0 aliphatic heterocycles. The lowest BCUT2D eigenvalue weighted by Crippen LogP contribution is -2.23. The third-order valence-corrected chi connectivity index (χ3v) is 4.05. The van der Waals surface area contributed by atoms with E-state index in [9.17, 15) is 18.0 Å². The van der Waals surface area contributed by atoms with Crippen LogP contribution < -0.4 is 5.32 Å². The van der Waals surface area contributed by atoms with Crippen molar-refractivity contribution in [2.24, 2.45) is 0 Å². The molecule has 0 fully saturated rings. The van der Waals surface area contributed by atoms with E-state index in [-0.39, 0.29) is 12.1 Å². The number of nitrogens with zero attached hydrogens (tertiary/aromatic N) is 2. The molecule has 3 aromatic rings. The highest BCUT2D eigenvalue weighted by atomic mass is 35.5. The van der Waals surface area contributed by atoms with E-state index in [2.05, 4.69) is 15.5 Å². The van der Waals surface area contributed by atoms with Gasteiger partial charge in [0, 0.05) is 22.8 Å². The van der Waals surface area contributed by atoms with Crippen LogP contribution in [0.1, 0.15) is 21.8 Å². The lowest BCUT2D eigenvalue weighted by atomic mass is 10.1. The molecule has 0 saturated heterocycles. The number of rotatable bonds is 4. The number of carbonyl (C=O) groups excluding carboxylic acids is 1. The van der Waals surface area contributed by atoms with Gasteiger partial charge in [-0.15, -0.1) is 0 Å². The Balaban J connectivity index is 1.65. The molecule has 2 heterocycles. The van der Waals surface area contributed by atoms with Crippen LogP contribution in [0.25, 0.3) is 11.3 Å². The van der Waals surface area contributed by atoms with Gasteiger partial charge in [-0.3, -0.25) is 9.78 Å². The summed E-state index contributed by atoms with van der Waals surface area (Å²) in [5, 5.41) is 7.26. The van der Waals surface area contributed by atoms with E-state index in [1.54, 1.807) is 24.3 Å². The molecule has 140 valence electrons. The molecule has 0 radical (unpaired) electrons. The van der Waals surface area contributed by atoms with Gasteiger partial charge >= 0.3 is 6.18 Å². The normalized spacial score (nSPS) is 11.4. The second kappa shape index (κ2) is 7.58. The van der Waals surface area contributed by atoms with E-state index < -0.39 is 17.8 Å². The van der Waals surface area contributed by atoms with Crippen molar-refractivity contribution in [2.45, 2.75) is 12.7 Å². The largest absolute Gasteiger partial charge is 0.433 e. The van der Waals surface area contributed by atoms with Crippen molar-refractivity contribution in [2.75, 3.05) is 0 Å². The summed E-state index contributed by atoms with van der Waals surface area (Å²) < 4.78 is 42.6. The molecule has 1 aromatic carbocycles. The van der Waals surface area contributed by atoms with E-state index in [0.29, 0.717) is 27.1 Å². The lowest BCUT2D eigenvalue weighted by Gasteiger charge is -2.06. The van der Waals surface area contributed by atoms with Crippen LogP contribution in [0.3, 0.4) is 0 Å². The summed E-state index contributed by atoms with van der Waals surface area (Å²) in [5.74, 6) is -0.261. The fourth-order valence-corrected chi connectivity index (χ4v) is 2.69. The third-order valence-electron chi connectivity index (χ3n) is 3.51. The standard InChI is InChI=1S/C17H10Cl2F3N3O2/c18-10-2-3-12(13(19)5-10)14-6-11(27-25-14)8-24-16(26)9-1-4-15(23-7-9)17(20,21)22/h1-7H,8H2,(H,24,26). The Kier molecular flexibility index (Phi) is 5.38. The Morgan fingerprint density at radius 3 is 2.56 bits per heavy atom. The Bertz CT molecular complexity index is 972. The first-order valence-corrected chi connectivity index (χ1v) is 8.22. The summed E-state index contributed by atoms with van der Waals surface area (Å²) in [6, 6.07) is 8.26. The van der Waals surface area contributed by atoms with E-state index in [1.165, 1.54) is 0 Å². The molecule has 10 heteroatoms. The fourth-order valence-electron chi connectivity index (χ4n) is 2.19. The minimum absolute atomic E-state index is 0.0107. The molecule has 3 rings (SSSR count). The number of aromatic nitrogens is 2. The SMILES string of the molecule is O=C(NCc1cc(-c2ccc(Cl)cc2Cl)no1)c1ccc(C(F)(F)F)nc1. The van der Waals surface area contributed by atoms with Crippen molar-refractivity contribution in [3.05, 3.63) is 69.7 Å². The van der Waals surface area contributed by atoms with Crippen molar-refractivity contribution < 1.29 is 22.5 Å². The monoisotopic (exact) mass is 415 g/mol. The predicted molar refractivity (Wildman–Crippen MR) is 92.4 cm³/mol. The predicted octanol–water partition coefficient (Wildman–Crippen LogP) is 4.99. The molecule has 1 N–H and O–H groups in total. The molecule has 27 heavy (non-hydrogen) atoms. The molecule has 0 atom stereocenters. The summed E-state index contributed by atoms with van der Waals surface area (Å²) in [7, 11) is 0. The topological polar surface area (TPSA) is 68.0 Å². The molecule has 0 bridgehead atoms. The molecule has 0 saturated carbocycles. The van der Waals surface area contributed by atoms with Crippen LogP contribution in [0.5, 0.6) is 0 Å². The number of nitrogens with one attached hydrogen (secondary N) is 1. The van der Waals surface area contributed by atoms with Crippen molar-refractivity contribution in [3.8, 4) is 11.3 Å². The maximum atomic E-state index is 12.5. The average Bonchev–Trinajstić information content (AvgIpc) is 3.07. The molecule has 2 aromatic heterocycles. The van der Waals surface area contributed by atoms with Crippen molar-refractivity contribution in [1.82, 2.24) is 15.5 Å². The summed E-state index contributed by atoms with van der Waals surface area (Å²) in [6.45, 7) is -0.0158. The first kappa shape index (κ1) is 19.2. The Labute approximate surface area is 161 Å². The van der Waals surface area contributed by atoms with Crippen molar-refractivity contribution >= 4 is 29.1 Å². The Morgan fingerprint density at radius 1 is 1.15 bits per heavy atom. The minimum Gasteiger partial charge on any atom is -0.359 e. The highest BCUT2D eigenvalue weighted by Crippen LogP contribution is 2.30. The summed E-state index contributed by atoms with van der Waals surface area (Å²) in [5.41, 5.74) is -0.0197. The van der Waals surface area contributed by atoms with Gasteiger partial charge in [0.2, 0.25) is 0 Å². The van der Waals surface area contributed by atoms with Crippen LogP contribution in [0.4, 0.5) is 13.2 Å². The van der Waals surface area contributed by atoms with Gasteiger partial charge in [0.25, 0.3) is 5.91 Å². The summed E-state index contributed by atoms with van der Waals surface area (Å²) in [6.07, 6.45) is -3.70. The molecule has 5 nitrogen and oxygen atoms in total. The maximum Gasteiger partial charge on any atom is 0.433 e. The van der Waals surface area contributed by atoms with Gasteiger partial charge in [0.1, 0.15) is 11.4 Å². The number of hydrogen-bond donors (Lipinski definition) is 1. The Hall–Kier alpha value is -2.58. The minimum atomic E-state index is -4.56. The third kappa shape index (κ3) is 4.58. The van der Waals surface area contributed by atoms with E-state index in [4.69, 9.17) is 27.7 Å². The van der Waals surface area contributed by atoms with E-state index in [0.717, 1.165) is 18.3 Å². The van der Waals surface area contributed by atoms with Gasteiger partial charge in [0.15, 0.2) is 5.76 Å². The number of pyridine rings is 1. The van der Waals surface area contributed by atoms with Crippen LogP contribution in [0.15, 0.2) is 47.1 Å². The molecule has 0 aliphatic carbocycles. The number of amides is 1. The fraction of sp³-hybridized carbons (Fsp3) is 0.118. The summed E-state index contributed by atoms with van der Waals surface area (Å²) >= 11 is 11.9. The smallest absolute Gasteiger partial charge is 0.359 e. The molecule has 0 aliphatic rings. The van der Waals surface area contributed by atoms with E-state index >= 15 is 0 Å². The average molecular weight is 416 g/mol. The van der Waals surface area contributed by atoms with E-state index in [1.807, 2.05) is 0 Å². The summed E-state index contributed by atoms with van der Waals surface area (Å²) in [4.78, 5) is 15.3. The van der Waals surface area contributed by atoms with Crippen LogP contribution in [0, 0.1) is 0 Å². The second-order valence-corrected chi connectivity index (χ2v) is 6.26. The van der Waals surface area contributed by atoms with Gasteiger partial charge in [-0.1, -0.05) is 28.4 Å². The van der Waals surface area contributed by atoms with Crippen LogP contribution in [-0.2, 0) is 12.7 Å². The van der Waals surface area contributed by atoms with Gasteiger partial charge < -0.3 is 9.84 Å². The lowest BCUT2D eigenvalue weighted by molar-refractivity contribution is -0.141. The zero-order valence-electron chi connectivity index (χ0n) is 13.3. The highest BCUT2D eigenvalue weighted by molar-refractivity contribution is 6.36. The molecular weight excluding hydrogens is 406 g/mol. The van der Waals surface area contributed by atoms with Gasteiger partial charge in [-0.2, -0.15) is 13.2 Å². The number of benzene rings is 1. The van der Waals surface area contributed by atoms with Gasteiger partial charge in [0.05, 0.1) is 17.1 Å². The van der Waals surface area contributed by atoms with Crippen molar-refractivity contribution in [3.63, 3.8) is 0 Å². The highest BCUT2D eigenvalue weighted by Gasteiger charge is 2.32. The zero-order chi connectivity index (χ0) is 19.6. The number of alkyl halides is 3. The molecule has 0 unspecified atom stereocenters. The quantitative estimate of drug-likeness (QED) is 0.651. The molecule has 0 spiro atoms. The zero-order valence-corrected chi connectivity index (χ0v) is 14.9. The molecular formula is C17H10Cl2F3N3O2. The van der Waals surface area contributed by atoms with Crippen LogP contribution >= 0.6 is 23.2 Å². The first-order chi connectivity index (χ1) is 12.7. The van der Waals surface area contributed by atoms with Gasteiger partial charge in [-0.25, -0.2) is 0 Å².